The van der Waals surface area contributed by atoms with Crippen LogP contribution in [-0.2, 0) is 13.2 Å². The van der Waals surface area contributed by atoms with E-state index in [1.807, 2.05) is 18.2 Å². The van der Waals surface area contributed by atoms with E-state index in [4.69, 9.17) is 32.7 Å². The third-order valence-corrected chi connectivity index (χ3v) is 4.14. The van der Waals surface area contributed by atoms with Crippen LogP contribution in [-0.4, -0.2) is 24.9 Å². The highest BCUT2D eigenvalue weighted by Crippen LogP contribution is 2.31. The second-order valence-corrected chi connectivity index (χ2v) is 6.27. The molecule has 1 atom stereocenters. The van der Waals surface area contributed by atoms with Crippen molar-refractivity contribution in [3.63, 3.8) is 0 Å². The second-order valence-electron chi connectivity index (χ2n) is 5.45. The molecule has 6 heteroatoms. The van der Waals surface area contributed by atoms with Gasteiger partial charge in [0.2, 0.25) is 0 Å². The highest BCUT2D eigenvalue weighted by atomic mass is 35.5. The number of methoxy groups -OCH3 is 1. The fraction of sp³-hybridized carbons (Fsp3) is 0.333. The third kappa shape index (κ3) is 5.28. The number of aliphatic hydroxyl groups is 1. The van der Waals surface area contributed by atoms with Gasteiger partial charge in [-0.2, -0.15) is 0 Å². The fourth-order valence-electron chi connectivity index (χ4n) is 2.19. The molecular formula is C18H21Cl2NO3. The molecular weight excluding hydrogens is 349 g/mol. The number of aliphatic hydroxyl groups excluding tert-OH is 1. The standard InChI is InChI=1S/C18H21Cl2NO3/c1-12(22)9-21-10-13-6-7-17(18(8-13)23-2)24-11-14-15(19)4-3-5-16(14)20/h3-8,12,21-22H,9-11H2,1-2H3/t12-/m0/s1. The van der Waals surface area contributed by atoms with Gasteiger partial charge in [0.25, 0.3) is 0 Å². The van der Waals surface area contributed by atoms with Crippen molar-refractivity contribution in [3.05, 3.63) is 57.6 Å². The van der Waals surface area contributed by atoms with Crippen molar-refractivity contribution in [2.24, 2.45) is 0 Å². The zero-order chi connectivity index (χ0) is 17.5. The maximum Gasteiger partial charge on any atom is 0.161 e. The first-order valence-electron chi connectivity index (χ1n) is 7.62. The Morgan fingerprint density at radius 2 is 1.83 bits per heavy atom. The van der Waals surface area contributed by atoms with Crippen LogP contribution in [0.25, 0.3) is 0 Å². The fourth-order valence-corrected chi connectivity index (χ4v) is 2.69. The summed E-state index contributed by atoms with van der Waals surface area (Å²) in [5.74, 6) is 1.25. The smallest absolute Gasteiger partial charge is 0.161 e. The summed E-state index contributed by atoms with van der Waals surface area (Å²) in [6.07, 6.45) is -0.380. The van der Waals surface area contributed by atoms with Crippen LogP contribution in [0, 0.1) is 0 Å². The summed E-state index contributed by atoms with van der Waals surface area (Å²) < 4.78 is 11.2. The summed E-state index contributed by atoms with van der Waals surface area (Å²) in [4.78, 5) is 0. The Labute approximate surface area is 152 Å². The summed E-state index contributed by atoms with van der Waals surface area (Å²) in [5.41, 5.74) is 1.78. The van der Waals surface area contributed by atoms with Gasteiger partial charge in [-0.15, -0.1) is 0 Å². The molecule has 2 aromatic carbocycles. The average Bonchev–Trinajstić information content (AvgIpc) is 2.54. The van der Waals surface area contributed by atoms with E-state index >= 15 is 0 Å². The summed E-state index contributed by atoms with van der Waals surface area (Å²) >= 11 is 12.3. The lowest BCUT2D eigenvalue weighted by molar-refractivity contribution is 0.191. The second kappa shape index (κ2) is 9.14. The maximum absolute atomic E-state index is 9.27. The number of halogens is 2. The van der Waals surface area contributed by atoms with Crippen LogP contribution in [0.4, 0.5) is 0 Å². The van der Waals surface area contributed by atoms with E-state index in [0.717, 1.165) is 11.1 Å². The predicted molar refractivity (Wildman–Crippen MR) is 97.2 cm³/mol. The van der Waals surface area contributed by atoms with Crippen molar-refractivity contribution in [2.75, 3.05) is 13.7 Å². The maximum atomic E-state index is 9.27. The van der Waals surface area contributed by atoms with Crippen LogP contribution < -0.4 is 14.8 Å². The molecule has 0 aliphatic rings. The van der Waals surface area contributed by atoms with E-state index in [1.54, 1.807) is 32.2 Å². The van der Waals surface area contributed by atoms with Crippen molar-refractivity contribution in [3.8, 4) is 11.5 Å². The zero-order valence-corrected chi connectivity index (χ0v) is 15.2. The molecule has 4 nitrogen and oxygen atoms in total. The third-order valence-electron chi connectivity index (χ3n) is 3.43. The van der Waals surface area contributed by atoms with E-state index in [0.29, 0.717) is 34.6 Å². The number of ether oxygens (including phenoxy) is 2. The average molecular weight is 370 g/mol. The molecule has 0 bridgehead atoms. The molecule has 0 fully saturated rings. The molecule has 2 rings (SSSR count). The van der Waals surface area contributed by atoms with E-state index in [9.17, 15) is 5.11 Å². The molecule has 2 N–H and O–H groups in total. The Kier molecular flexibility index (Phi) is 7.18. The molecule has 2 aromatic rings. The highest BCUT2D eigenvalue weighted by molar-refractivity contribution is 6.35. The number of hydrogen-bond acceptors (Lipinski definition) is 4. The molecule has 0 unspecified atom stereocenters. The van der Waals surface area contributed by atoms with E-state index < -0.39 is 0 Å². The molecule has 0 aliphatic carbocycles. The van der Waals surface area contributed by atoms with Crippen LogP contribution >= 0.6 is 23.2 Å². The molecule has 0 saturated carbocycles. The minimum Gasteiger partial charge on any atom is -0.493 e. The minimum atomic E-state index is -0.380. The van der Waals surface area contributed by atoms with Gasteiger partial charge in [-0.3, -0.25) is 0 Å². The van der Waals surface area contributed by atoms with Gasteiger partial charge in [0.15, 0.2) is 11.5 Å². The summed E-state index contributed by atoms with van der Waals surface area (Å²) in [6.45, 7) is 3.17. The Bertz CT molecular complexity index is 657. The lowest BCUT2D eigenvalue weighted by Gasteiger charge is -2.14. The Morgan fingerprint density at radius 1 is 1.12 bits per heavy atom. The molecule has 0 heterocycles. The van der Waals surface area contributed by atoms with Gasteiger partial charge in [0.1, 0.15) is 6.61 Å². The van der Waals surface area contributed by atoms with Gasteiger partial charge in [-0.25, -0.2) is 0 Å². The van der Waals surface area contributed by atoms with E-state index in [1.165, 1.54) is 0 Å². The van der Waals surface area contributed by atoms with Gasteiger partial charge >= 0.3 is 0 Å². The Morgan fingerprint density at radius 3 is 2.46 bits per heavy atom. The first kappa shape index (κ1) is 18.9. The number of hydrogen-bond donors (Lipinski definition) is 2. The van der Waals surface area contributed by atoms with Crippen molar-refractivity contribution < 1.29 is 14.6 Å². The SMILES string of the molecule is COc1cc(CNC[C@H](C)O)ccc1OCc1c(Cl)cccc1Cl. The van der Waals surface area contributed by atoms with E-state index in [-0.39, 0.29) is 12.7 Å². The lowest BCUT2D eigenvalue weighted by Crippen LogP contribution is -2.23. The monoisotopic (exact) mass is 369 g/mol. The molecule has 24 heavy (non-hydrogen) atoms. The molecule has 0 spiro atoms. The summed E-state index contributed by atoms with van der Waals surface area (Å²) in [7, 11) is 1.59. The zero-order valence-electron chi connectivity index (χ0n) is 13.7. The first-order chi connectivity index (χ1) is 11.5. The molecule has 0 amide bonds. The van der Waals surface area contributed by atoms with Gasteiger partial charge < -0.3 is 19.9 Å². The lowest BCUT2D eigenvalue weighted by atomic mass is 10.2. The van der Waals surface area contributed by atoms with E-state index in [2.05, 4.69) is 5.32 Å². The largest absolute Gasteiger partial charge is 0.493 e. The number of benzene rings is 2. The normalized spacial score (nSPS) is 12.0. The van der Waals surface area contributed by atoms with Crippen LogP contribution in [0.1, 0.15) is 18.1 Å². The van der Waals surface area contributed by atoms with Crippen molar-refractivity contribution in [1.29, 1.82) is 0 Å². The van der Waals surface area contributed by atoms with Crippen LogP contribution in [0.5, 0.6) is 11.5 Å². The van der Waals surface area contributed by atoms with Gasteiger partial charge in [-0.1, -0.05) is 35.3 Å². The Balaban J connectivity index is 2.05. The predicted octanol–water partition coefficient (Wildman–Crippen LogP) is 4.05. The van der Waals surface area contributed by atoms with Crippen molar-refractivity contribution >= 4 is 23.2 Å². The quantitative estimate of drug-likeness (QED) is 0.736. The summed E-state index contributed by atoms with van der Waals surface area (Å²) in [6, 6.07) is 11.0. The minimum absolute atomic E-state index is 0.258. The van der Waals surface area contributed by atoms with Crippen LogP contribution in [0.2, 0.25) is 10.0 Å². The molecule has 0 aliphatic heterocycles. The van der Waals surface area contributed by atoms with Crippen molar-refractivity contribution in [2.45, 2.75) is 26.2 Å². The molecule has 130 valence electrons. The van der Waals surface area contributed by atoms with Gasteiger partial charge in [0.05, 0.1) is 13.2 Å². The topological polar surface area (TPSA) is 50.7 Å². The Hall–Kier alpha value is -1.46. The van der Waals surface area contributed by atoms with Gasteiger partial charge in [-0.05, 0) is 36.8 Å². The van der Waals surface area contributed by atoms with Gasteiger partial charge in [0, 0.05) is 28.7 Å². The molecule has 0 radical (unpaired) electrons. The van der Waals surface area contributed by atoms with Crippen molar-refractivity contribution in [1.82, 2.24) is 5.32 Å². The molecule has 0 aromatic heterocycles. The van der Waals surface area contributed by atoms with Crippen LogP contribution in [0.15, 0.2) is 36.4 Å². The first-order valence-corrected chi connectivity index (χ1v) is 8.38. The number of nitrogens with one attached hydrogen (secondary N) is 1. The molecule has 0 saturated heterocycles. The highest BCUT2D eigenvalue weighted by Gasteiger charge is 2.10. The summed E-state index contributed by atoms with van der Waals surface area (Å²) in [5, 5.41) is 13.6. The van der Waals surface area contributed by atoms with Crippen LogP contribution in [0.3, 0.4) is 0 Å². The number of rotatable bonds is 8.